The molecule has 3 heteroatoms. The van der Waals surface area contributed by atoms with E-state index in [9.17, 15) is 0 Å². The average Bonchev–Trinajstić information content (AvgIpc) is 2.67. The molecule has 1 aromatic heterocycles. The highest BCUT2D eigenvalue weighted by atomic mass is 16.5. The van der Waals surface area contributed by atoms with Crippen LogP contribution in [0.1, 0.15) is 19.6 Å². The van der Waals surface area contributed by atoms with E-state index in [4.69, 9.17) is 9.15 Å². The number of hydrogen-bond donors (Lipinski definition) is 1. The van der Waals surface area contributed by atoms with E-state index in [1.165, 1.54) is 0 Å². The molecule has 1 unspecified atom stereocenters. The normalized spacial score (nSPS) is 13.0. The van der Waals surface area contributed by atoms with Crippen molar-refractivity contribution < 1.29 is 9.15 Å². The van der Waals surface area contributed by atoms with Gasteiger partial charge in [-0.05, 0) is 25.6 Å². The molecule has 1 aromatic rings. The van der Waals surface area contributed by atoms with Gasteiger partial charge in [-0.15, -0.1) is 0 Å². The topological polar surface area (TPSA) is 34.4 Å². The van der Waals surface area contributed by atoms with Crippen molar-refractivity contribution >= 4 is 0 Å². The van der Waals surface area contributed by atoms with Crippen LogP contribution in [0.4, 0.5) is 0 Å². The maximum atomic E-state index is 5.39. The summed E-state index contributed by atoms with van der Waals surface area (Å²) in [6.45, 7) is 6.57. The van der Waals surface area contributed by atoms with Gasteiger partial charge in [0.25, 0.3) is 0 Å². The third-order valence-corrected chi connectivity index (χ3v) is 2.04. The summed E-state index contributed by atoms with van der Waals surface area (Å²) in [7, 11) is 0. The fraction of sp³-hybridized carbons (Fsp3) is 0.636. The number of furan rings is 1. The summed E-state index contributed by atoms with van der Waals surface area (Å²) < 4.78 is 10.7. The fourth-order valence-electron chi connectivity index (χ4n) is 1.41. The lowest BCUT2D eigenvalue weighted by atomic mass is 10.2. The Morgan fingerprint density at radius 1 is 1.50 bits per heavy atom. The van der Waals surface area contributed by atoms with Gasteiger partial charge < -0.3 is 14.5 Å². The third-order valence-electron chi connectivity index (χ3n) is 2.04. The van der Waals surface area contributed by atoms with Crippen LogP contribution in [0.3, 0.4) is 0 Å². The molecule has 0 aliphatic rings. The van der Waals surface area contributed by atoms with E-state index >= 15 is 0 Å². The summed E-state index contributed by atoms with van der Waals surface area (Å²) in [6, 6.07) is 4.26. The van der Waals surface area contributed by atoms with E-state index in [1.54, 1.807) is 6.26 Å². The Balaban J connectivity index is 2.34. The highest BCUT2D eigenvalue weighted by Crippen LogP contribution is 2.04. The quantitative estimate of drug-likeness (QED) is 0.724. The first-order valence-corrected chi connectivity index (χ1v) is 5.20. The van der Waals surface area contributed by atoms with Crippen LogP contribution < -0.4 is 5.32 Å². The van der Waals surface area contributed by atoms with Crippen LogP contribution in [-0.4, -0.2) is 25.8 Å². The molecule has 0 aliphatic carbocycles. The SMILES string of the molecule is CCNC(COCC)Cc1ccco1. The molecule has 3 nitrogen and oxygen atoms in total. The summed E-state index contributed by atoms with van der Waals surface area (Å²) in [5.41, 5.74) is 0. The van der Waals surface area contributed by atoms with Gasteiger partial charge in [-0.25, -0.2) is 0 Å². The number of likely N-dealkylation sites (N-methyl/N-ethyl adjacent to an activating group) is 1. The first kappa shape index (κ1) is 11.3. The molecule has 0 amide bonds. The van der Waals surface area contributed by atoms with Crippen molar-refractivity contribution in [2.75, 3.05) is 19.8 Å². The largest absolute Gasteiger partial charge is 0.469 e. The standard InChI is InChI=1S/C11H19NO2/c1-3-12-10(9-13-4-2)8-11-6-5-7-14-11/h5-7,10,12H,3-4,8-9H2,1-2H3. The van der Waals surface area contributed by atoms with Crippen molar-refractivity contribution in [2.24, 2.45) is 0 Å². The zero-order valence-electron chi connectivity index (χ0n) is 8.95. The zero-order chi connectivity index (χ0) is 10.2. The summed E-state index contributed by atoms with van der Waals surface area (Å²) in [5.74, 6) is 1.01. The van der Waals surface area contributed by atoms with E-state index in [0.717, 1.165) is 31.9 Å². The predicted octanol–water partition coefficient (Wildman–Crippen LogP) is 1.84. The van der Waals surface area contributed by atoms with Gasteiger partial charge in [0.2, 0.25) is 0 Å². The highest BCUT2D eigenvalue weighted by Gasteiger charge is 2.09. The third kappa shape index (κ3) is 3.94. The van der Waals surface area contributed by atoms with Gasteiger partial charge in [0, 0.05) is 19.1 Å². The van der Waals surface area contributed by atoms with Crippen LogP contribution in [0.2, 0.25) is 0 Å². The number of rotatable bonds is 7. The van der Waals surface area contributed by atoms with Crippen molar-refractivity contribution in [3.8, 4) is 0 Å². The zero-order valence-corrected chi connectivity index (χ0v) is 8.95. The van der Waals surface area contributed by atoms with E-state index < -0.39 is 0 Å². The summed E-state index contributed by atoms with van der Waals surface area (Å²) in [4.78, 5) is 0. The highest BCUT2D eigenvalue weighted by molar-refractivity contribution is 5.00. The molecule has 0 saturated carbocycles. The van der Waals surface area contributed by atoms with Crippen LogP contribution in [0.5, 0.6) is 0 Å². The van der Waals surface area contributed by atoms with Gasteiger partial charge in [0.15, 0.2) is 0 Å². The van der Waals surface area contributed by atoms with Crippen LogP contribution >= 0.6 is 0 Å². The summed E-state index contributed by atoms with van der Waals surface area (Å²) in [6.07, 6.45) is 2.60. The lowest BCUT2D eigenvalue weighted by Gasteiger charge is -2.16. The van der Waals surface area contributed by atoms with Crippen molar-refractivity contribution in [2.45, 2.75) is 26.3 Å². The molecule has 0 saturated heterocycles. The smallest absolute Gasteiger partial charge is 0.105 e. The average molecular weight is 197 g/mol. The predicted molar refractivity (Wildman–Crippen MR) is 56.4 cm³/mol. The molecular formula is C11H19NO2. The minimum atomic E-state index is 0.353. The Kier molecular flexibility index (Phi) is 5.33. The molecule has 0 bridgehead atoms. The van der Waals surface area contributed by atoms with E-state index in [1.807, 2.05) is 19.1 Å². The van der Waals surface area contributed by atoms with Gasteiger partial charge in [-0.3, -0.25) is 0 Å². The Morgan fingerprint density at radius 2 is 2.36 bits per heavy atom. The van der Waals surface area contributed by atoms with E-state index in [2.05, 4.69) is 12.2 Å². The number of hydrogen-bond acceptors (Lipinski definition) is 3. The molecule has 0 spiro atoms. The van der Waals surface area contributed by atoms with Crippen molar-refractivity contribution in [1.29, 1.82) is 0 Å². The lowest BCUT2D eigenvalue weighted by molar-refractivity contribution is 0.121. The minimum Gasteiger partial charge on any atom is -0.469 e. The number of nitrogens with one attached hydrogen (secondary N) is 1. The van der Waals surface area contributed by atoms with Gasteiger partial charge in [-0.1, -0.05) is 6.92 Å². The van der Waals surface area contributed by atoms with Crippen molar-refractivity contribution in [3.63, 3.8) is 0 Å². The second-order valence-corrected chi connectivity index (χ2v) is 3.20. The van der Waals surface area contributed by atoms with Crippen molar-refractivity contribution in [1.82, 2.24) is 5.32 Å². The van der Waals surface area contributed by atoms with Gasteiger partial charge >= 0.3 is 0 Å². The first-order chi connectivity index (χ1) is 6.86. The van der Waals surface area contributed by atoms with Crippen LogP contribution in [0.15, 0.2) is 22.8 Å². The van der Waals surface area contributed by atoms with Gasteiger partial charge in [0.1, 0.15) is 5.76 Å². The van der Waals surface area contributed by atoms with Crippen LogP contribution in [-0.2, 0) is 11.2 Å². The maximum absolute atomic E-state index is 5.39. The Hall–Kier alpha value is -0.800. The Morgan fingerprint density at radius 3 is 2.93 bits per heavy atom. The summed E-state index contributed by atoms with van der Waals surface area (Å²) in [5, 5.41) is 3.37. The first-order valence-electron chi connectivity index (χ1n) is 5.20. The van der Waals surface area contributed by atoms with Crippen molar-refractivity contribution in [3.05, 3.63) is 24.2 Å². The maximum Gasteiger partial charge on any atom is 0.105 e. The van der Waals surface area contributed by atoms with Gasteiger partial charge in [-0.2, -0.15) is 0 Å². The Bertz CT molecular complexity index is 221. The molecule has 1 rings (SSSR count). The molecule has 1 N–H and O–H groups in total. The molecule has 0 fully saturated rings. The lowest BCUT2D eigenvalue weighted by Crippen LogP contribution is -2.35. The van der Waals surface area contributed by atoms with E-state index in [0.29, 0.717) is 6.04 Å². The summed E-state index contributed by atoms with van der Waals surface area (Å²) >= 11 is 0. The van der Waals surface area contributed by atoms with Gasteiger partial charge in [0.05, 0.1) is 12.9 Å². The Labute approximate surface area is 85.4 Å². The molecule has 80 valence electrons. The molecular weight excluding hydrogens is 178 g/mol. The second kappa shape index (κ2) is 6.62. The minimum absolute atomic E-state index is 0.353. The molecule has 0 radical (unpaired) electrons. The molecule has 0 aliphatic heterocycles. The number of ether oxygens (including phenoxy) is 1. The monoisotopic (exact) mass is 197 g/mol. The molecule has 1 heterocycles. The van der Waals surface area contributed by atoms with Crippen LogP contribution in [0, 0.1) is 0 Å². The van der Waals surface area contributed by atoms with Crippen LogP contribution in [0.25, 0.3) is 0 Å². The fourth-order valence-corrected chi connectivity index (χ4v) is 1.41. The second-order valence-electron chi connectivity index (χ2n) is 3.20. The molecule has 0 aromatic carbocycles. The molecule has 1 atom stereocenters. The van der Waals surface area contributed by atoms with E-state index in [-0.39, 0.29) is 0 Å². The molecule has 14 heavy (non-hydrogen) atoms.